The molecule has 0 bridgehead atoms. The summed E-state index contributed by atoms with van der Waals surface area (Å²) in [5, 5.41) is 2.58. The van der Waals surface area contributed by atoms with Crippen LogP contribution in [0.2, 0.25) is 0 Å². The number of ether oxygens (including phenoxy) is 4. The Kier molecular flexibility index (Phi) is 12.7. The van der Waals surface area contributed by atoms with Gasteiger partial charge in [-0.1, -0.05) is 0 Å². The van der Waals surface area contributed by atoms with Crippen LogP contribution in [0, 0.1) is 0 Å². The first-order chi connectivity index (χ1) is 13.1. The lowest BCUT2D eigenvalue weighted by Gasteiger charge is -2.08. The average molecular weight is 385 g/mol. The zero-order chi connectivity index (χ0) is 19.7. The molecule has 0 aliphatic carbocycles. The average Bonchev–Trinajstić information content (AvgIpc) is 2.98. The molecule has 1 rings (SSSR count). The van der Waals surface area contributed by atoms with Gasteiger partial charge in [0.1, 0.15) is 0 Å². The van der Waals surface area contributed by atoms with Gasteiger partial charge in [-0.25, -0.2) is 0 Å². The molecule has 0 aromatic rings. The Morgan fingerprint density at radius 1 is 0.889 bits per heavy atom. The van der Waals surface area contributed by atoms with E-state index in [9.17, 15) is 14.4 Å². The summed E-state index contributed by atoms with van der Waals surface area (Å²) in [6, 6.07) is 0. The Balaban J connectivity index is 1.86. The van der Waals surface area contributed by atoms with E-state index in [1.54, 1.807) is 0 Å². The third kappa shape index (κ3) is 11.3. The number of rotatable bonds is 16. The van der Waals surface area contributed by atoms with E-state index in [1.165, 1.54) is 0 Å². The quantitative estimate of drug-likeness (QED) is 0.188. The number of nitrogens with one attached hydrogen (secondary N) is 1. The van der Waals surface area contributed by atoms with Crippen molar-refractivity contribution < 1.29 is 33.3 Å². The van der Waals surface area contributed by atoms with Crippen molar-refractivity contribution in [3.8, 4) is 0 Å². The largest absolute Gasteiger partial charge is 0.378 e. The van der Waals surface area contributed by atoms with Crippen LogP contribution in [0.15, 0.2) is 24.4 Å². The highest BCUT2D eigenvalue weighted by Gasteiger charge is 2.20. The van der Waals surface area contributed by atoms with Crippen LogP contribution in [0.25, 0.3) is 0 Å². The Labute approximate surface area is 158 Å². The molecule has 1 aliphatic rings. The second kappa shape index (κ2) is 15.0. The molecule has 0 unspecified atom stereocenters. The molecule has 0 aromatic carbocycles. The van der Waals surface area contributed by atoms with Crippen LogP contribution in [0.3, 0.4) is 0 Å². The van der Waals surface area contributed by atoms with Gasteiger partial charge >= 0.3 is 0 Å². The Morgan fingerprint density at radius 2 is 1.37 bits per heavy atom. The first kappa shape index (κ1) is 22.9. The lowest BCUT2D eigenvalue weighted by molar-refractivity contribution is -0.133. The summed E-state index contributed by atoms with van der Waals surface area (Å²) in [7, 11) is 0. The van der Waals surface area contributed by atoms with Crippen LogP contribution in [-0.2, 0) is 33.3 Å². The standard InChI is InChI=1S/C17H27N3O7/c18-4-7-24-9-11-26-13-14-27-12-10-25-8-5-19-15(21)3-6-20-16(22)1-2-17(20)23/h1-3,6H,4-5,7-14,18H2,(H,19,21). The predicted octanol–water partition coefficient (Wildman–Crippen LogP) is -1.43. The summed E-state index contributed by atoms with van der Waals surface area (Å²) in [4.78, 5) is 35.0. The molecule has 10 nitrogen and oxygen atoms in total. The van der Waals surface area contributed by atoms with Gasteiger partial charge in [0.15, 0.2) is 0 Å². The Morgan fingerprint density at radius 3 is 1.89 bits per heavy atom. The molecule has 0 radical (unpaired) electrons. The molecule has 3 N–H and O–H groups in total. The summed E-state index contributed by atoms with van der Waals surface area (Å²) >= 11 is 0. The van der Waals surface area contributed by atoms with Crippen LogP contribution < -0.4 is 11.1 Å². The molecular formula is C17H27N3O7. The van der Waals surface area contributed by atoms with E-state index in [0.29, 0.717) is 65.9 Å². The van der Waals surface area contributed by atoms with E-state index in [0.717, 1.165) is 29.3 Å². The summed E-state index contributed by atoms with van der Waals surface area (Å²) in [5.41, 5.74) is 5.28. The molecule has 0 saturated heterocycles. The third-order valence-corrected chi connectivity index (χ3v) is 3.14. The summed E-state index contributed by atoms with van der Waals surface area (Å²) < 4.78 is 21.1. The van der Waals surface area contributed by atoms with Gasteiger partial charge in [0, 0.05) is 37.5 Å². The number of carbonyl (C=O) groups excluding carboxylic acids is 3. The highest BCUT2D eigenvalue weighted by molar-refractivity contribution is 6.14. The van der Waals surface area contributed by atoms with Crippen molar-refractivity contribution in [3.63, 3.8) is 0 Å². The summed E-state index contributed by atoms with van der Waals surface area (Å²) in [6.07, 6.45) is 4.54. The van der Waals surface area contributed by atoms with Crippen molar-refractivity contribution in [2.75, 3.05) is 65.9 Å². The second-order valence-corrected chi connectivity index (χ2v) is 5.22. The van der Waals surface area contributed by atoms with E-state index in [4.69, 9.17) is 24.7 Å². The maximum atomic E-state index is 11.6. The molecule has 27 heavy (non-hydrogen) atoms. The zero-order valence-electron chi connectivity index (χ0n) is 15.3. The summed E-state index contributed by atoms with van der Waals surface area (Å²) in [5.74, 6) is -1.37. The number of carbonyl (C=O) groups is 3. The predicted molar refractivity (Wildman–Crippen MR) is 95.5 cm³/mol. The number of hydrogen-bond donors (Lipinski definition) is 2. The topological polar surface area (TPSA) is 129 Å². The number of amides is 3. The van der Waals surface area contributed by atoms with Crippen molar-refractivity contribution in [2.45, 2.75) is 0 Å². The molecule has 10 heteroatoms. The highest BCUT2D eigenvalue weighted by Crippen LogP contribution is 2.03. The van der Waals surface area contributed by atoms with E-state index >= 15 is 0 Å². The minimum Gasteiger partial charge on any atom is -0.378 e. The minimum atomic E-state index is -0.474. The van der Waals surface area contributed by atoms with Gasteiger partial charge in [0.25, 0.3) is 11.8 Å². The molecule has 152 valence electrons. The second-order valence-electron chi connectivity index (χ2n) is 5.22. The van der Waals surface area contributed by atoms with Gasteiger partial charge in [0.05, 0.1) is 52.9 Å². The van der Waals surface area contributed by atoms with Crippen LogP contribution in [0.5, 0.6) is 0 Å². The van der Waals surface area contributed by atoms with Gasteiger partial charge in [0.2, 0.25) is 5.91 Å². The number of nitrogens with zero attached hydrogens (tertiary/aromatic N) is 1. The zero-order valence-corrected chi connectivity index (χ0v) is 15.3. The molecule has 1 aliphatic heterocycles. The van der Waals surface area contributed by atoms with Crippen molar-refractivity contribution in [2.24, 2.45) is 5.73 Å². The fourth-order valence-corrected chi connectivity index (χ4v) is 1.85. The lowest BCUT2D eigenvalue weighted by Crippen LogP contribution is -2.28. The van der Waals surface area contributed by atoms with E-state index in [1.807, 2.05) is 0 Å². The van der Waals surface area contributed by atoms with Crippen molar-refractivity contribution in [1.29, 1.82) is 0 Å². The fraction of sp³-hybridized carbons (Fsp3) is 0.588. The molecular weight excluding hydrogens is 358 g/mol. The van der Waals surface area contributed by atoms with Gasteiger partial charge in [-0.2, -0.15) is 0 Å². The molecule has 0 spiro atoms. The third-order valence-electron chi connectivity index (χ3n) is 3.14. The molecule has 0 aromatic heterocycles. The van der Waals surface area contributed by atoms with Crippen molar-refractivity contribution >= 4 is 17.7 Å². The Hall–Kier alpha value is -2.11. The monoisotopic (exact) mass is 385 g/mol. The lowest BCUT2D eigenvalue weighted by atomic mass is 10.5. The summed E-state index contributed by atoms with van der Waals surface area (Å²) in [6.45, 7) is 4.44. The number of imide groups is 1. The van der Waals surface area contributed by atoms with Crippen molar-refractivity contribution in [3.05, 3.63) is 24.4 Å². The molecule has 3 amide bonds. The Bertz CT molecular complexity index is 505. The number of hydrogen-bond acceptors (Lipinski definition) is 8. The SMILES string of the molecule is NCCOCCOCCOCCOCCNC(=O)C=CN1C(=O)C=CC1=O. The molecule has 0 atom stereocenters. The van der Waals surface area contributed by atoms with Gasteiger partial charge in [-0.15, -0.1) is 0 Å². The maximum absolute atomic E-state index is 11.6. The van der Waals surface area contributed by atoms with Crippen LogP contribution >= 0.6 is 0 Å². The first-order valence-corrected chi connectivity index (χ1v) is 8.67. The van der Waals surface area contributed by atoms with Gasteiger partial charge in [-0.05, 0) is 0 Å². The van der Waals surface area contributed by atoms with Crippen molar-refractivity contribution in [1.82, 2.24) is 10.2 Å². The van der Waals surface area contributed by atoms with Crippen LogP contribution in [0.1, 0.15) is 0 Å². The van der Waals surface area contributed by atoms with E-state index in [-0.39, 0.29) is 0 Å². The highest BCUT2D eigenvalue weighted by atomic mass is 16.6. The normalized spacial score (nSPS) is 13.9. The molecule has 1 heterocycles. The fourth-order valence-electron chi connectivity index (χ4n) is 1.85. The minimum absolute atomic E-state index is 0.301. The smallest absolute Gasteiger partial charge is 0.257 e. The first-order valence-electron chi connectivity index (χ1n) is 8.67. The van der Waals surface area contributed by atoms with E-state index in [2.05, 4.69) is 5.32 Å². The molecule has 0 fully saturated rings. The maximum Gasteiger partial charge on any atom is 0.257 e. The van der Waals surface area contributed by atoms with Gasteiger partial charge in [-0.3, -0.25) is 19.3 Å². The molecule has 0 saturated carbocycles. The van der Waals surface area contributed by atoms with Crippen LogP contribution in [0.4, 0.5) is 0 Å². The van der Waals surface area contributed by atoms with E-state index < -0.39 is 17.7 Å². The van der Waals surface area contributed by atoms with Gasteiger partial charge < -0.3 is 30.0 Å². The number of nitrogens with two attached hydrogens (primary N) is 1. The van der Waals surface area contributed by atoms with Crippen LogP contribution in [-0.4, -0.2) is 88.6 Å².